The molecule has 2 nitrogen and oxygen atoms in total. The van der Waals surface area contributed by atoms with Crippen molar-refractivity contribution in [1.29, 1.82) is 5.26 Å². The Balaban J connectivity index is 2.60. The minimum Gasteiger partial charge on any atom is -0.256 e. The summed E-state index contributed by atoms with van der Waals surface area (Å²) >= 11 is 0. The molecule has 2 aromatic rings. The maximum absolute atomic E-state index is 12.7. The fourth-order valence-corrected chi connectivity index (χ4v) is 1.54. The van der Waals surface area contributed by atoms with Crippen LogP contribution in [0.4, 0.5) is 13.2 Å². The second-order valence-corrected chi connectivity index (χ2v) is 3.62. The lowest BCUT2D eigenvalue weighted by Crippen LogP contribution is -2.05. The van der Waals surface area contributed by atoms with Crippen LogP contribution in [0.5, 0.6) is 0 Å². The number of aromatic nitrogens is 1. The predicted octanol–water partition coefficient (Wildman–Crippen LogP) is 3.64. The van der Waals surface area contributed by atoms with Crippen LogP contribution in [0.2, 0.25) is 0 Å². The van der Waals surface area contributed by atoms with Crippen molar-refractivity contribution in [2.24, 2.45) is 0 Å². The fourth-order valence-electron chi connectivity index (χ4n) is 1.54. The number of halogens is 3. The van der Waals surface area contributed by atoms with Gasteiger partial charge in [-0.25, -0.2) is 0 Å². The summed E-state index contributed by atoms with van der Waals surface area (Å²) in [5.74, 6) is 0. The van der Waals surface area contributed by atoms with E-state index in [0.29, 0.717) is 5.69 Å². The third-order valence-electron chi connectivity index (χ3n) is 2.35. The maximum atomic E-state index is 12.7. The summed E-state index contributed by atoms with van der Waals surface area (Å²) in [5, 5.41) is 8.76. The summed E-state index contributed by atoms with van der Waals surface area (Å²) in [6, 6.07) is 9.86. The van der Waals surface area contributed by atoms with E-state index in [1.807, 2.05) is 0 Å². The van der Waals surface area contributed by atoms with Crippen LogP contribution in [0, 0.1) is 11.3 Å². The van der Waals surface area contributed by atoms with Crippen LogP contribution in [-0.2, 0) is 6.18 Å². The smallest absolute Gasteiger partial charge is 0.256 e. The van der Waals surface area contributed by atoms with E-state index in [-0.39, 0.29) is 11.1 Å². The molecule has 0 bridgehead atoms. The van der Waals surface area contributed by atoms with Gasteiger partial charge in [-0.2, -0.15) is 18.4 Å². The molecule has 0 aliphatic carbocycles. The molecule has 0 radical (unpaired) electrons. The molecule has 1 heterocycles. The largest absolute Gasteiger partial charge is 0.416 e. The summed E-state index contributed by atoms with van der Waals surface area (Å²) in [4.78, 5) is 3.97. The average Bonchev–Trinajstić information content (AvgIpc) is 2.38. The van der Waals surface area contributed by atoms with E-state index in [4.69, 9.17) is 5.26 Å². The average molecular weight is 248 g/mol. The van der Waals surface area contributed by atoms with E-state index in [1.54, 1.807) is 24.3 Å². The molecule has 18 heavy (non-hydrogen) atoms. The van der Waals surface area contributed by atoms with Crippen LogP contribution in [0.1, 0.15) is 11.1 Å². The first-order valence-electron chi connectivity index (χ1n) is 5.04. The molecule has 5 heteroatoms. The number of benzene rings is 1. The highest BCUT2D eigenvalue weighted by molar-refractivity contribution is 5.62. The molecular weight excluding hydrogens is 241 g/mol. The monoisotopic (exact) mass is 248 g/mol. The summed E-state index contributed by atoms with van der Waals surface area (Å²) in [5.41, 5.74) is -0.199. The van der Waals surface area contributed by atoms with Crippen molar-refractivity contribution in [2.45, 2.75) is 6.18 Å². The lowest BCUT2D eigenvalue weighted by molar-refractivity contribution is -0.137. The minimum atomic E-state index is -4.48. The Labute approximate surface area is 101 Å². The Morgan fingerprint density at radius 1 is 1.11 bits per heavy atom. The normalized spacial score (nSPS) is 11.0. The number of hydrogen-bond donors (Lipinski definition) is 0. The number of nitriles is 1. The molecule has 0 atom stereocenters. The Morgan fingerprint density at radius 3 is 2.44 bits per heavy atom. The van der Waals surface area contributed by atoms with Crippen molar-refractivity contribution in [1.82, 2.24) is 4.98 Å². The number of alkyl halides is 3. The standard InChI is InChI=1S/C13H7F3N2/c14-13(15,16)11-6-9(8-17)5-10(7-11)12-3-1-2-4-18-12/h1-7H. The van der Waals surface area contributed by atoms with Gasteiger partial charge < -0.3 is 0 Å². The van der Waals surface area contributed by atoms with Gasteiger partial charge in [0, 0.05) is 11.8 Å². The Bertz CT molecular complexity index is 598. The van der Waals surface area contributed by atoms with E-state index < -0.39 is 11.7 Å². The first-order chi connectivity index (χ1) is 8.50. The zero-order chi connectivity index (χ0) is 13.2. The molecule has 1 aromatic carbocycles. The summed E-state index contributed by atoms with van der Waals surface area (Å²) < 4.78 is 38.0. The molecule has 0 saturated heterocycles. The quantitative estimate of drug-likeness (QED) is 0.772. The second-order valence-electron chi connectivity index (χ2n) is 3.62. The lowest BCUT2D eigenvalue weighted by Gasteiger charge is -2.09. The van der Waals surface area contributed by atoms with E-state index in [1.165, 1.54) is 12.3 Å². The maximum Gasteiger partial charge on any atom is 0.416 e. The van der Waals surface area contributed by atoms with Gasteiger partial charge >= 0.3 is 6.18 Å². The summed E-state index contributed by atoms with van der Waals surface area (Å²) in [6.45, 7) is 0. The SMILES string of the molecule is N#Cc1cc(-c2ccccn2)cc(C(F)(F)F)c1. The summed E-state index contributed by atoms with van der Waals surface area (Å²) in [6.07, 6.45) is -2.99. The molecule has 1 aromatic heterocycles. The van der Waals surface area contributed by atoms with Crippen molar-refractivity contribution < 1.29 is 13.2 Å². The zero-order valence-corrected chi connectivity index (χ0v) is 9.07. The highest BCUT2D eigenvalue weighted by Gasteiger charge is 2.31. The summed E-state index contributed by atoms with van der Waals surface area (Å²) in [7, 11) is 0. The molecule has 0 amide bonds. The van der Waals surface area contributed by atoms with Gasteiger partial charge in [0.2, 0.25) is 0 Å². The number of pyridine rings is 1. The number of hydrogen-bond acceptors (Lipinski definition) is 2. The Kier molecular flexibility index (Phi) is 3.02. The van der Waals surface area contributed by atoms with Gasteiger partial charge in [0.1, 0.15) is 0 Å². The van der Waals surface area contributed by atoms with Crippen LogP contribution in [-0.4, -0.2) is 4.98 Å². The molecular formula is C13H7F3N2. The first-order valence-corrected chi connectivity index (χ1v) is 5.04. The molecule has 0 N–H and O–H groups in total. The van der Waals surface area contributed by atoms with Gasteiger partial charge in [-0.05, 0) is 30.3 Å². The number of nitrogens with zero attached hydrogens (tertiary/aromatic N) is 2. The van der Waals surface area contributed by atoms with Crippen molar-refractivity contribution in [3.8, 4) is 17.3 Å². The minimum absolute atomic E-state index is 0.0366. The third kappa shape index (κ3) is 2.48. The first kappa shape index (κ1) is 12.1. The topological polar surface area (TPSA) is 36.7 Å². The Hall–Kier alpha value is -2.35. The van der Waals surface area contributed by atoms with Crippen molar-refractivity contribution in [3.05, 3.63) is 53.7 Å². The molecule has 0 spiro atoms. The van der Waals surface area contributed by atoms with Crippen LogP contribution in [0.15, 0.2) is 42.6 Å². The number of rotatable bonds is 1. The van der Waals surface area contributed by atoms with Gasteiger partial charge in [0.25, 0.3) is 0 Å². The van der Waals surface area contributed by atoms with E-state index in [0.717, 1.165) is 12.1 Å². The fraction of sp³-hybridized carbons (Fsp3) is 0.0769. The van der Waals surface area contributed by atoms with Gasteiger partial charge in [-0.15, -0.1) is 0 Å². The Morgan fingerprint density at radius 2 is 1.89 bits per heavy atom. The van der Waals surface area contributed by atoms with E-state index in [2.05, 4.69) is 4.98 Å². The van der Waals surface area contributed by atoms with Crippen molar-refractivity contribution >= 4 is 0 Å². The van der Waals surface area contributed by atoms with Gasteiger partial charge in [0.15, 0.2) is 0 Å². The molecule has 0 aliphatic heterocycles. The van der Waals surface area contributed by atoms with Crippen LogP contribution in [0.3, 0.4) is 0 Å². The molecule has 0 saturated carbocycles. The van der Waals surface area contributed by atoms with Crippen LogP contribution in [0.25, 0.3) is 11.3 Å². The molecule has 0 aliphatic rings. The second kappa shape index (κ2) is 4.49. The molecule has 0 fully saturated rings. The van der Waals surface area contributed by atoms with Gasteiger partial charge in [-0.1, -0.05) is 6.07 Å². The van der Waals surface area contributed by atoms with Crippen molar-refractivity contribution in [3.63, 3.8) is 0 Å². The lowest BCUT2D eigenvalue weighted by atomic mass is 10.0. The van der Waals surface area contributed by atoms with E-state index >= 15 is 0 Å². The highest BCUT2D eigenvalue weighted by atomic mass is 19.4. The molecule has 90 valence electrons. The molecule has 0 unspecified atom stereocenters. The van der Waals surface area contributed by atoms with Gasteiger partial charge in [-0.3, -0.25) is 4.98 Å². The van der Waals surface area contributed by atoms with E-state index in [9.17, 15) is 13.2 Å². The predicted molar refractivity (Wildman–Crippen MR) is 59.4 cm³/mol. The third-order valence-corrected chi connectivity index (χ3v) is 2.35. The van der Waals surface area contributed by atoms with Crippen molar-refractivity contribution in [2.75, 3.05) is 0 Å². The van der Waals surface area contributed by atoms with Crippen LogP contribution >= 0.6 is 0 Å². The van der Waals surface area contributed by atoms with Gasteiger partial charge in [0.05, 0.1) is 22.9 Å². The van der Waals surface area contributed by atoms with Crippen LogP contribution < -0.4 is 0 Å². The zero-order valence-electron chi connectivity index (χ0n) is 9.07. The molecule has 2 rings (SSSR count). The highest BCUT2D eigenvalue weighted by Crippen LogP contribution is 2.32.